The Kier molecular flexibility index (Phi) is 6.49. The molecule has 0 saturated carbocycles. The third-order valence-electron chi connectivity index (χ3n) is 4.53. The number of nitrogens with zero attached hydrogens (tertiary/aromatic N) is 3. The average molecular weight is 396 g/mol. The number of nitrogens with one attached hydrogen (secondary N) is 2. The Morgan fingerprint density at radius 2 is 1.93 bits per heavy atom. The van der Waals surface area contributed by atoms with Gasteiger partial charge in [0.2, 0.25) is 0 Å². The van der Waals surface area contributed by atoms with E-state index in [2.05, 4.69) is 51.0 Å². The van der Waals surface area contributed by atoms with E-state index in [-0.39, 0.29) is 6.04 Å². The number of ether oxygens (including phenoxy) is 1. The van der Waals surface area contributed by atoms with Crippen LogP contribution in [0.25, 0.3) is 10.8 Å². The highest BCUT2D eigenvalue weighted by molar-refractivity contribution is 5.83. The third kappa shape index (κ3) is 5.77. The van der Waals surface area contributed by atoms with Crippen LogP contribution < -0.4 is 10.6 Å². The number of carbonyl (C=O) groups is 1. The SMILES string of the molecule is CCn1ncnc1CNC(CNC(=O)OC(C)(C)C)c1ccc2ccccc2c1. The third-order valence-corrected chi connectivity index (χ3v) is 4.53. The number of hydrogen-bond donors (Lipinski definition) is 2. The van der Waals surface area contributed by atoms with Crippen molar-refractivity contribution in [2.45, 2.75) is 52.4 Å². The molecule has 1 heterocycles. The molecule has 1 aromatic heterocycles. The predicted octanol–water partition coefficient (Wildman–Crippen LogP) is 3.81. The summed E-state index contributed by atoms with van der Waals surface area (Å²) < 4.78 is 7.23. The number of hydrogen-bond acceptors (Lipinski definition) is 5. The van der Waals surface area contributed by atoms with E-state index in [1.54, 1.807) is 6.33 Å². The topological polar surface area (TPSA) is 81.1 Å². The summed E-state index contributed by atoms with van der Waals surface area (Å²) in [5.74, 6) is 0.857. The van der Waals surface area contributed by atoms with Crippen LogP contribution in [0.2, 0.25) is 0 Å². The summed E-state index contributed by atoms with van der Waals surface area (Å²) in [6.07, 6.45) is 1.13. The Hall–Kier alpha value is -2.93. The Morgan fingerprint density at radius 1 is 1.17 bits per heavy atom. The molecule has 0 radical (unpaired) electrons. The lowest BCUT2D eigenvalue weighted by molar-refractivity contribution is 0.0522. The first-order valence-corrected chi connectivity index (χ1v) is 9.91. The summed E-state index contributed by atoms with van der Waals surface area (Å²) in [6, 6.07) is 14.5. The first-order valence-electron chi connectivity index (χ1n) is 9.91. The van der Waals surface area contributed by atoms with Crippen molar-refractivity contribution in [2.24, 2.45) is 0 Å². The van der Waals surface area contributed by atoms with Gasteiger partial charge in [0.1, 0.15) is 17.8 Å². The molecule has 2 aromatic carbocycles. The molecule has 0 aliphatic rings. The van der Waals surface area contributed by atoms with Gasteiger partial charge in [-0.15, -0.1) is 0 Å². The van der Waals surface area contributed by atoms with Gasteiger partial charge in [-0.3, -0.25) is 0 Å². The van der Waals surface area contributed by atoms with Gasteiger partial charge >= 0.3 is 6.09 Å². The number of fused-ring (bicyclic) bond motifs is 1. The predicted molar refractivity (Wildman–Crippen MR) is 113 cm³/mol. The summed E-state index contributed by atoms with van der Waals surface area (Å²) in [6.45, 7) is 9.28. The molecule has 7 heteroatoms. The minimum absolute atomic E-state index is 0.103. The molecule has 3 aromatic rings. The number of rotatable bonds is 7. The monoisotopic (exact) mass is 395 g/mol. The maximum Gasteiger partial charge on any atom is 0.407 e. The zero-order valence-electron chi connectivity index (χ0n) is 17.5. The van der Waals surface area contributed by atoms with Gasteiger partial charge in [0.15, 0.2) is 0 Å². The summed E-state index contributed by atoms with van der Waals surface area (Å²) in [5, 5.41) is 12.9. The van der Waals surface area contributed by atoms with Crippen LogP contribution >= 0.6 is 0 Å². The molecule has 1 unspecified atom stereocenters. The van der Waals surface area contributed by atoms with Crippen LogP contribution in [0.4, 0.5) is 4.79 Å². The fourth-order valence-corrected chi connectivity index (χ4v) is 3.14. The second-order valence-corrected chi connectivity index (χ2v) is 7.91. The van der Waals surface area contributed by atoms with Gasteiger partial charge < -0.3 is 15.4 Å². The minimum atomic E-state index is -0.534. The molecule has 2 N–H and O–H groups in total. The van der Waals surface area contributed by atoms with Crippen molar-refractivity contribution in [1.82, 2.24) is 25.4 Å². The molecule has 3 rings (SSSR count). The summed E-state index contributed by atoms with van der Waals surface area (Å²) in [7, 11) is 0. The number of benzene rings is 2. The molecule has 0 aliphatic carbocycles. The highest BCUT2D eigenvalue weighted by Crippen LogP contribution is 2.21. The van der Waals surface area contributed by atoms with E-state index >= 15 is 0 Å². The number of amides is 1. The first kappa shape index (κ1) is 20.8. The Balaban J connectivity index is 1.77. The zero-order valence-corrected chi connectivity index (χ0v) is 17.5. The van der Waals surface area contributed by atoms with Gasteiger partial charge in [-0.2, -0.15) is 5.10 Å². The lowest BCUT2D eigenvalue weighted by Crippen LogP contribution is -2.38. The van der Waals surface area contributed by atoms with Crippen LogP contribution in [0.3, 0.4) is 0 Å². The summed E-state index contributed by atoms with van der Waals surface area (Å²) in [5.41, 5.74) is 0.551. The van der Waals surface area contributed by atoms with Crippen molar-refractivity contribution in [2.75, 3.05) is 6.54 Å². The quantitative estimate of drug-likeness (QED) is 0.636. The maximum absolute atomic E-state index is 12.2. The molecular formula is C22H29N5O2. The molecule has 29 heavy (non-hydrogen) atoms. The Morgan fingerprint density at radius 3 is 2.66 bits per heavy atom. The lowest BCUT2D eigenvalue weighted by atomic mass is 10.0. The second kappa shape index (κ2) is 9.05. The summed E-state index contributed by atoms with van der Waals surface area (Å²) >= 11 is 0. The first-order chi connectivity index (χ1) is 13.9. The molecule has 1 atom stereocenters. The van der Waals surface area contributed by atoms with E-state index in [1.807, 2.05) is 44.5 Å². The highest BCUT2D eigenvalue weighted by Gasteiger charge is 2.19. The van der Waals surface area contributed by atoms with Gasteiger partial charge in [0.05, 0.1) is 12.6 Å². The van der Waals surface area contributed by atoms with Crippen LogP contribution in [0.5, 0.6) is 0 Å². The number of alkyl carbamates (subject to hydrolysis) is 1. The largest absolute Gasteiger partial charge is 0.444 e. The second-order valence-electron chi connectivity index (χ2n) is 7.91. The normalized spacial score (nSPS) is 12.7. The molecule has 7 nitrogen and oxygen atoms in total. The zero-order chi connectivity index (χ0) is 20.9. The standard InChI is InChI=1S/C22H29N5O2/c1-5-27-20(25-15-26-27)14-23-19(13-24-21(28)29-22(2,3)4)18-11-10-16-8-6-7-9-17(16)12-18/h6-12,15,19,23H,5,13-14H2,1-4H3,(H,24,28). The van der Waals surface area contributed by atoms with Gasteiger partial charge in [-0.05, 0) is 50.1 Å². The van der Waals surface area contributed by atoms with E-state index in [1.165, 1.54) is 5.39 Å². The van der Waals surface area contributed by atoms with Crippen molar-refractivity contribution in [3.05, 3.63) is 60.2 Å². The van der Waals surface area contributed by atoms with Gasteiger partial charge in [0, 0.05) is 13.1 Å². The van der Waals surface area contributed by atoms with E-state index < -0.39 is 11.7 Å². The number of aromatic nitrogens is 3. The molecule has 0 saturated heterocycles. The van der Waals surface area contributed by atoms with Crippen molar-refractivity contribution >= 4 is 16.9 Å². The molecular weight excluding hydrogens is 366 g/mol. The van der Waals surface area contributed by atoms with Crippen LogP contribution in [-0.2, 0) is 17.8 Å². The van der Waals surface area contributed by atoms with Crippen LogP contribution in [0.1, 0.15) is 45.1 Å². The van der Waals surface area contributed by atoms with Crippen molar-refractivity contribution in [1.29, 1.82) is 0 Å². The molecule has 1 amide bonds. The molecule has 0 spiro atoms. The average Bonchev–Trinajstić information content (AvgIpc) is 3.14. The fourth-order valence-electron chi connectivity index (χ4n) is 3.14. The van der Waals surface area contributed by atoms with Crippen molar-refractivity contribution < 1.29 is 9.53 Å². The summed E-state index contributed by atoms with van der Waals surface area (Å²) in [4.78, 5) is 16.5. The van der Waals surface area contributed by atoms with Crippen LogP contribution in [-0.4, -0.2) is 33.0 Å². The molecule has 154 valence electrons. The van der Waals surface area contributed by atoms with Gasteiger partial charge in [-0.25, -0.2) is 14.5 Å². The number of carbonyl (C=O) groups excluding carboxylic acids is 1. The Bertz CT molecular complexity index is 961. The molecule has 0 bridgehead atoms. The van der Waals surface area contributed by atoms with Crippen molar-refractivity contribution in [3.8, 4) is 0 Å². The highest BCUT2D eigenvalue weighted by atomic mass is 16.6. The van der Waals surface area contributed by atoms with E-state index in [9.17, 15) is 4.79 Å². The molecule has 0 aliphatic heterocycles. The smallest absolute Gasteiger partial charge is 0.407 e. The van der Waals surface area contributed by atoms with E-state index in [0.29, 0.717) is 13.1 Å². The van der Waals surface area contributed by atoms with E-state index in [0.717, 1.165) is 23.3 Å². The van der Waals surface area contributed by atoms with Crippen LogP contribution in [0.15, 0.2) is 48.8 Å². The van der Waals surface area contributed by atoms with E-state index in [4.69, 9.17) is 4.74 Å². The number of aryl methyl sites for hydroxylation is 1. The van der Waals surface area contributed by atoms with Gasteiger partial charge in [-0.1, -0.05) is 36.4 Å². The maximum atomic E-state index is 12.2. The van der Waals surface area contributed by atoms with Crippen LogP contribution in [0, 0.1) is 0 Å². The minimum Gasteiger partial charge on any atom is -0.444 e. The van der Waals surface area contributed by atoms with Gasteiger partial charge in [0.25, 0.3) is 0 Å². The lowest BCUT2D eigenvalue weighted by Gasteiger charge is -2.23. The molecule has 0 fully saturated rings. The fraction of sp³-hybridized carbons (Fsp3) is 0.409. The van der Waals surface area contributed by atoms with Crippen molar-refractivity contribution in [3.63, 3.8) is 0 Å². The Labute approximate surface area is 171 Å².